The van der Waals surface area contributed by atoms with Crippen LogP contribution in [0, 0.1) is 5.82 Å². The Kier molecular flexibility index (Phi) is 3.56. The van der Waals surface area contributed by atoms with Gasteiger partial charge in [0.05, 0.1) is 30.5 Å². The standard InChI is InChI=1S/C21H18FN5O3/c1-26-16(7-19(28)25-26)13-6-18-15(27-10-23-24-21(13)27)4-2-12-14(22)3-5-17-20(12)11(8-29-17)9-30-18/h3,5-7,10-11H,2,4,8-9H2,1H3,(H,25,28)/t11-/m1/s1. The summed E-state index contributed by atoms with van der Waals surface area (Å²) in [5, 5.41) is 11.1. The van der Waals surface area contributed by atoms with Gasteiger partial charge in [0.15, 0.2) is 5.65 Å². The molecule has 1 atom stereocenters. The van der Waals surface area contributed by atoms with Crippen molar-refractivity contribution in [2.24, 2.45) is 7.05 Å². The van der Waals surface area contributed by atoms with Crippen molar-refractivity contribution in [2.45, 2.75) is 18.8 Å². The molecule has 0 aliphatic carbocycles. The Morgan fingerprint density at radius 1 is 1.17 bits per heavy atom. The van der Waals surface area contributed by atoms with Gasteiger partial charge in [0.2, 0.25) is 0 Å². The van der Waals surface area contributed by atoms with E-state index in [1.807, 2.05) is 10.5 Å². The number of aryl methyl sites for hydroxylation is 2. The van der Waals surface area contributed by atoms with Crippen LogP contribution >= 0.6 is 0 Å². The van der Waals surface area contributed by atoms with Crippen LogP contribution in [0.15, 0.2) is 35.4 Å². The van der Waals surface area contributed by atoms with E-state index in [-0.39, 0.29) is 17.3 Å². The molecular formula is C21H18FN5O3. The molecule has 9 heteroatoms. The van der Waals surface area contributed by atoms with Crippen molar-refractivity contribution < 1.29 is 13.9 Å². The molecule has 0 bridgehead atoms. The first-order valence-corrected chi connectivity index (χ1v) is 9.79. The predicted octanol–water partition coefficient (Wildman–Crippen LogP) is 2.22. The summed E-state index contributed by atoms with van der Waals surface area (Å²) in [4.78, 5) is 11.8. The number of hydrogen-bond acceptors (Lipinski definition) is 5. The van der Waals surface area contributed by atoms with Crippen molar-refractivity contribution in [2.75, 3.05) is 13.2 Å². The van der Waals surface area contributed by atoms with Crippen molar-refractivity contribution in [3.63, 3.8) is 0 Å². The lowest BCUT2D eigenvalue weighted by Gasteiger charge is -2.16. The van der Waals surface area contributed by atoms with Crippen LogP contribution in [0.1, 0.15) is 22.7 Å². The number of rotatable bonds is 1. The fourth-order valence-corrected chi connectivity index (χ4v) is 4.59. The average Bonchev–Trinajstić information content (AvgIpc) is 3.44. The van der Waals surface area contributed by atoms with E-state index < -0.39 is 0 Å². The number of benzene rings is 1. The minimum Gasteiger partial charge on any atom is -0.493 e. The Morgan fingerprint density at radius 3 is 2.80 bits per heavy atom. The van der Waals surface area contributed by atoms with E-state index in [1.165, 1.54) is 12.1 Å². The molecule has 0 saturated carbocycles. The van der Waals surface area contributed by atoms with Gasteiger partial charge in [-0.15, -0.1) is 10.2 Å². The molecule has 2 aliphatic heterocycles. The Balaban J connectivity index is 1.54. The van der Waals surface area contributed by atoms with E-state index in [0.29, 0.717) is 48.7 Å². The molecule has 2 aliphatic rings. The van der Waals surface area contributed by atoms with E-state index in [9.17, 15) is 9.18 Å². The van der Waals surface area contributed by atoms with E-state index in [4.69, 9.17) is 9.47 Å². The number of pyridine rings is 1. The van der Waals surface area contributed by atoms with Crippen LogP contribution < -0.4 is 15.0 Å². The summed E-state index contributed by atoms with van der Waals surface area (Å²) in [5.74, 6) is 1.16. The fourth-order valence-electron chi connectivity index (χ4n) is 4.59. The first-order valence-electron chi connectivity index (χ1n) is 9.79. The Morgan fingerprint density at radius 2 is 2.00 bits per heavy atom. The van der Waals surface area contributed by atoms with Crippen molar-refractivity contribution in [3.8, 4) is 22.8 Å². The van der Waals surface area contributed by atoms with Gasteiger partial charge in [-0.3, -0.25) is 19.0 Å². The molecule has 8 nitrogen and oxygen atoms in total. The molecule has 3 aromatic heterocycles. The van der Waals surface area contributed by atoms with Crippen LogP contribution in [0.25, 0.3) is 16.9 Å². The number of H-pyrrole nitrogens is 1. The largest absolute Gasteiger partial charge is 0.493 e. The van der Waals surface area contributed by atoms with Gasteiger partial charge < -0.3 is 9.47 Å². The summed E-state index contributed by atoms with van der Waals surface area (Å²) in [5.41, 5.74) is 4.31. The highest BCUT2D eigenvalue weighted by atomic mass is 19.1. The number of fused-ring (bicyclic) bond motifs is 3. The molecule has 1 N–H and O–H groups in total. The van der Waals surface area contributed by atoms with E-state index >= 15 is 0 Å². The van der Waals surface area contributed by atoms with Crippen molar-refractivity contribution >= 4 is 5.65 Å². The zero-order valence-corrected chi connectivity index (χ0v) is 16.2. The van der Waals surface area contributed by atoms with Crippen LogP contribution in [0.5, 0.6) is 11.5 Å². The van der Waals surface area contributed by atoms with Crippen LogP contribution in [0.3, 0.4) is 0 Å². The number of nitrogens with one attached hydrogen (secondary N) is 1. The summed E-state index contributed by atoms with van der Waals surface area (Å²) in [6, 6.07) is 6.58. The maximum atomic E-state index is 14.7. The van der Waals surface area contributed by atoms with Crippen LogP contribution in [0.4, 0.5) is 4.39 Å². The van der Waals surface area contributed by atoms with Crippen LogP contribution in [-0.2, 0) is 19.9 Å². The van der Waals surface area contributed by atoms with Gasteiger partial charge >= 0.3 is 0 Å². The number of aromatic nitrogens is 5. The Labute approximate surface area is 169 Å². The smallest absolute Gasteiger partial charge is 0.264 e. The van der Waals surface area contributed by atoms with Crippen molar-refractivity contribution in [1.82, 2.24) is 24.4 Å². The minimum absolute atomic E-state index is 0.0340. The highest BCUT2D eigenvalue weighted by Crippen LogP contribution is 2.41. The average molecular weight is 407 g/mol. The SMILES string of the molecule is Cn1[nH]c(=O)cc1-c1cc2c(n3cnnc13)CCc1c(F)ccc3c1[C@H](CO3)CO2. The summed E-state index contributed by atoms with van der Waals surface area (Å²) in [6.07, 6.45) is 2.70. The third-order valence-corrected chi connectivity index (χ3v) is 5.98. The van der Waals surface area contributed by atoms with E-state index in [1.54, 1.807) is 24.1 Å². The first kappa shape index (κ1) is 17.3. The third kappa shape index (κ3) is 2.41. The van der Waals surface area contributed by atoms with Crippen LogP contribution in [-0.4, -0.2) is 37.6 Å². The number of nitrogens with zero attached hydrogens (tertiary/aromatic N) is 4. The maximum Gasteiger partial charge on any atom is 0.264 e. The normalized spacial score (nSPS) is 17.5. The van der Waals surface area contributed by atoms with Gasteiger partial charge in [-0.1, -0.05) is 0 Å². The summed E-state index contributed by atoms with van der Waals surface area (Å²) in [7, 11) is 1.77. The second kappa shape index (κ2) is 6.19. The minimum atomic E-state index is -0.216. The molecule has 1 aromatic carbocycles. The first-order chi connectivity index (χ1) is 14.6. The zero-order chi connectivity index (χ0) is 20.4. The molecule has 0 fully saturated rings. The lowest BCUT2D eigenvalue weighted by atomic mass is 9.93. The molecule has 0 unspecified atom stereocenters. The maximum absolute atomic E-state index is 14.7. The van der Waals surface area contributed by atoms with Gasteiger partial charge in [-0.2, -0.15) is 0 Å². The molecule has 6 rings (SSSR count). The zero-order valence-electron chi connectivity index (χ0n) is 16.2. The second-order valence-electron chi connectivity index (χ2n) is 7.71. The number of halogens is 1. The molecule has 152 valence electrons. The van der Waals surface area contributed by atoms with Gasteiger partial charge in [0.25, 0.3) is 5.56 Å². The molecule has 0 amide bonds. The van der Waals surface area contributed by atoms with Gasteiger partial charge in [0.1, 0.15) is 23.6 Å². The van der Waals surface area contributed by atoms with Gasteiger partial charge in [-0.05, 0) is 36.6 Å². The number of aromatic amines is 1. The molecule has 30 heavy (non-hydrogen) atoms. The van der Waals surface area contributed by atoms with Crippen molar-refractivity contribution in [3.05, 3.63) is 63.6 Å². The molecule has 0 radical (unpaired) electrons. The second-order valence-corrected chi connectivity index (χ2v) is 7.71. The van der Waals surface area contributed by atoms with Crippen molar-refractivity contribution in [1.29, 1.82) is 0 Å². The Bertz CT molecular complexity index is 1370. The summed E-state index contributed by atoms with van der Waals surface area (Å²) < 4.78 is 30.2. The third-order valence-electron chi connectivity index (χ3n) is 5.98. The topological polar surface area (TPSA) is 86.4 Å². The van der Waals surface area contributed by atoms with E-state index in [2.05, 4.69) is 15.3 Å². The highest BCUT2D eigenvalue weighted by molar-refractivity contribution is 5.77. The lowest BCUT2D eigenvalue weighted by molar-refractivity contribution is 0.246. The quantitative estimate of drug-likeness (QED) is 0.523. The molecule has 4 aromatic rings. The summed E-state index contributed by atoms with van der Waals surface area (Å²) >= 11 is 0. The monoisotopic (exact) mass is 407 g/mol. The fraction of sp³-hybridized carbons (Fsp3) is 0.286. The van der Waals surface area contributed by atoms with Gasteiger partial charge in [-0.25, -0.2) is 4.39 Å². The Hall–Kier alpha value is -3.62. The number of ether oxygens (including phenoxy) is 2. The van der Waals surface area contributed by atoms with E-state index in [0.717, 1.165) is 22.6 Å². The van der Waals surface area contributed by atoms with Crippen LogP contribution in [0.2, 0.25) is 0 Å². The number of hydrogen-bond donors (Lipinski definition) is 1. The lowest BCUT2D eigenvalue weighted by Crippen LogP contribution is -2.13. The molecular weight excluding hydrogens is 389 g/mol. The van der Waals surface area contributed by atoms with Gasteiger partial charge in [0, 0.05) is 24.2 Å². The molecule has 0 spiro atoms. The molecule has 0 saturated heterocycles. The summed E-state index contributed by atoms with van der Waals surface area (Å²) in [6.45, 7) is 0.838. The highest BCUT2D eigenvalue weighted by Gasteiger charge is 2.31. The predicted molar refractivity (Wildman–Crippen MR) is 106 cm³/mol. The molecule has 5 heterocycles.